The van der Waals surface area contributed by atoms with Crippen LogP contribution in [0.1, 0.15) is 6.42 Å². The molecule has 1 fully saturated rings. The zero-order chi connectivity index (χ0) is 10.9. The van der Waals surface area contributed by atoms with E-state index in [-0.39, 0.29) is 0 Å². The molecule has 0 spiro atoms. The van der Waals surface area contributed by atoms with Gasteiger partial charge in [-0.1, -0.05) is 0 Å². The summed E-state index contributed by atoms with van der Waals surface area (Å²) in [6.45, 7) is -0.536. The minimum absolute atomic E-state index is 0.536. The van der Waals surface area contributed by atoms with Gasteiger partial charge in [0.2, 0.25) is 5.91 Å². The molecule has 14 heavy (non-hydrogen) atoms. The number of carbonyl (C=O) groups is 2. The van der Waals surface area contributed by atoms with Crippen molar-refractivity contribution in [3.63, 3.8) is 0 Å². The van der Waals surface area contributed by atoms with Crippen molar-refractivity contribution in [1.82, 2.24) is 5.32 Å². The summed E-state index contributed by atoms with van der Waals surface area (Å²) in [4.78, 5) is 21.3. The summed E-state index contributed by atoms with van der Waals surface area (Å²) < 4.78 is 36.5. The largest absolute Gasteiger partial charge is 0.481 e. The molecule has 0 bridgehead atoms. The van der Waals surface area contributed by atoms with E-state index in [4.69, 9.17) is 5.11 Å². The van der Waals surface area contributed by atoms with Gasteiger partial charge in [0.1, 0.15) is 5.92 Å². The van der Waals surface area contributed by atoms with Gasteiger partial charge in [-0.15, -0.1) is 0 Å². The third-order valence-corrected chi connectivity index (χ3v) is 2.12. The van der Waals surface area contributed by atoms with Crippen LogP contribution in [-0.2, 0) is 9.59 Å². The lowest BCUT2D eigenvalue weighted by atomic mass is 9.89. The third kappa shape index (κ3) is 2.15. The van der Waals surface area contributed by atoms with Gasteiger partial charge in [-0.2, -0.15) is 13.2 Å². The highest BCUT2D eigenvalue weighted by Gasteiger charge is 2.46. The summed E-state index contributed by atoms with van der Waals surface area (Å²) in [5.41, 5.74) is 0. The van der Waals surface area contributed by atoms with Gasteiger partial charge in [0, 0.05) is 6.54 Å². The number of carboxylic acids is 1. The second kappa shape index (κ2) is 3.47. The number of carboxylic acid groups (broad SMARTS) is 1. The zero-order valence-electron chi connectivity index (χ0n) is 6.97. The maximum atomic E-state index is 12.2. The van der Waals surface area contributed by atoms with Gasteiger partial charge in [-0.05, 0) is 6.42 Å². The highest BCUT2D eigenvalue weighted by atomic mass is 19.4. The smallest absolute Gasteiger partial charge is 0.393 e. The Bertz CT molecular complexity index is 263. The molecule has 80 valence electrons. The van der Waals surface area contributed by atoms with Crippen molar-refractivity contribution >= 4 is 11.9 Å². The van der Waals surface area contributed by atoms with E-state index in [9.17, 15) is 22.8 Å². The van der Waals surface area contributed by atoms with E-state index in [1.165, 1.54) is 0 Å². The highest BCUT2D eigenvalue weighted by Crippen LogP contribution is 2.33. The van der Waals surface area contributed by atoms with E-state index in [1.807, 2.05) is 5.32 Å². The Morgan fingerprint density at radius 3 is 2.50 bits per heavy atom. The van der Waals surface area contributed by atoms with Crippen LogP contribution >= 0.6 is 0 Å². The molecule has 1 heterocycles. The van der Waals surface area contributed by atoms with Crippen LogP contribution in [0.4, 0.5) is 13.2 Å². The highest BCUT2D eigenvalue weighted by molar-refractivity contribution is 5.97. The van der Waals surface area contributed by atoms with Crippen molar-refractivity contribution in [2.24, 2.45) is 11.8 Å². The number of halogens is 3. The van der Waals surface area contributed by atoms with Gasteiger partial charge in [0.05, 0.1) is 5.92 Å². The molecule has 1 aliphatic rings. The summed E-state index contributed by atoms with van der Waals surface area (Å²) in [6.07, 6.45) is -5.13. The molecular formula is C7H8F3NO3. The molecule has 1 saturated heterocycles. The van der Waals surface area contributed by atoms with Crippen LogP contribution in [0.15, 0.2) is 0 Å². The van der Waals surface area contributed by atoms with Gasteiger partial charge in [0.25, 0.3) is 0 Å². The van der Waals surface area contributed by atoms with Crippen molar-refractivity contribution in [2.45, 2.75) is 12.6 Å². The van der Waals surface area contributed by atoms with Crippen LogP contribution in [0.3, 0.4) is 0 Å². The quantitative estimate of drug-likeness (QED) is 0.616. The Balaban J connectivity index is 2.72. The summed E-state index contributed by atoms with van der Waals surface area (Å²) in [6, 6.07) is 0. The molecule has 0 saturated carbocycles. The summed E-state index contributed by atoms with van der Waals surface area (Å²) in [7, 11) is 0. The van der Waals surface area contributed by atoms with E-state index >= 15 is 0 Å². The average molecular weight is 211 g/mol. The van der Waals surface area contributed by atoms with E-state index < -0.39 is 42.9 Å². The predicted octanol–water partition coefficient (Wildman–Crippen LogP) is 0.386. The van der Waals surface area contributed by atoms with Gasteiger partial charge in [-0.25, -0.2) is 0 Å². The fourth-order valence-corrected chi connectivity index (χ4v) is 1.28. The zero-order valence-corrected chi connectivity index (χ0v) is 6.97. The molecule has 0 aliphatic carbocycles. The van der Waals surface area contributed by atoms with Crippen molar-refractivity contribution < 1.29 is 27.9 Å². The molecule has 0 aromatic heterocycles. The fraction of sp³-hybridized carbons (Fsp3) is 0.714. The fourth-order valence-electron chi connectivity index (χ4n) is 1.28. The lowest BCUT2D eigenvalue weighted by Gasteiger charge is -2.28. The second-order valence-corrected chi connectivity index (χ2v) is 3.11. The Morgan fingerprint density at radius 2 is 2.07 bits per heavy atom. The first-order chi connectivity index (χ1) is 6.32. The lowest BCUT2D eigenvalue weighted by Crippen LogP contribution is -2.48. The number of piperidine rings is 1. The van der Waals surface area contributed by atoms with Crippen LogP contribution in [0, 0.1) is 11.8 Å². The number of amides is 1. The minimum atomic E-state index is -4.46. The van der Waals surface area contributed by atoms with E-state index in [2.05, 4.69) is 0 Å². The SMILES string of the molecule is O=C(O)[C@@H]1C[C@H](C(F)(F)F)CNC1=O. The van der Waals surface area contributed by atoms with E-state index in [0.29, 0.717) is 0 Å². The predicted molar refractivity (Wildman–Crippen MR) is 38.3 cm³/mol. The number of rotatable bonds is 1. The molecule has 0 aromatic rings. The second-order valence-electron chi connectivity index (χ2n) is 3.11. The van der Waals surface area contributed by atoms with Gasteiger partial charge >= 0.3 is 12.1 Å². The van der Waals surface area contributed by atoms with Gasteiger partial charge in [0.15, 0.2) is 0 Å². The summed E-state index contributed by atoms with van der Waals surface area (Å²) in [5.74, 6) is -5.72. The summed E-state index contributed by atoms with van der Waals surface area (Å²) >= 11 is 0. The first-order valence-electron chi connectivity index (χ1n) is 3.89. The standard InChI is InChI=1S/C7H8F3NO3/c8-7(9,10)3-1-4(6(13)14)5(12)11-2-3/h3-4H,1-2H2,(H,11,12)(H,13,14)/t3-,4+/m0/s1. The first kappa shape index (κ1) is 10.8. The van der Waals surface area contributed by atoms with Crippen LogP contribution < -0.4 is 5.32 Å². The number of nitrogens with one attached hydrogen (secondary N) is 1. The van der Waals surface area contributed by atoms with Crippen LogP contribution in [0.2, 0.25) is 0 Å². The lowest BCUT2D eigenvalue weighted by molar-refractivity contribution is -0.186. The van der Waals surface area contributed by atoms with Gasteiger partial charge < -0.3 is 10.4 Å². The average Bonchev–Trinajstić information content (AvgIpc) is 2.02. The molecule has 0 radical (unpaired) electrons. The van der Waals surface area contributed by atoms with Crippen molar-refractivity contribution in [2.75, 3.05) is 6.54 Å². The molecule has 1 amide bonds. The molecule has 2 N–H and O–H groups in total. The summed E-state index contributed by atoms with van der Waals surface area (Å²) in [5, 5.41) is 10.4. The Labute approximate surface area is 77.1 Å². The number of carbonyl (C=O) groups excluding carboxylic acids is 1. The van der Waals surface area contributed by atoms with Crippen molar-refractivity contribution in [3.8, 4) is 0 Å². The number of alkyl halides is 3. The van der Waals surface area contributed by atoms with Gasteiger partial charge in [-0.3, -0.25) is 9.59 Å². The monoisotopic (exact) mass is 211 g/mol. The minimum Gasteiger partial charge on any atom is -0.481 e. The van der Waals surface area contributed by atoms with E-state index in [1.54, 1.807) is 0 Å². The van der Waals surface area contributed by atoms with E-state index in [0.717, 1.165) is 0 Å². The maximum absolute atomic E-state index is 12.2. The molecule has 1 rings (SSSR count). The molecule has 2 atom stereocenters. The molecule has 7 heteroatoms. The topological polar surface area (TPSA) is 66.4 Å². The van der Waals surface area contributed by atoms with Crippen LogP contribution in [-0.4, -0.2) is 29.7 Å². The Kier molecular flexibility index (Phi) is 2.68. The molecular weight excluding hydrogens is 203 g/mol. The molecule has 0 unspecified atom stereocenters. The number of hydrogen-bond acceptors (Lipinski definition) is 2. The Morgan fingerprint density at radius 1 is 1.50 bits per heavy atom. The first-order valence-corrected chi connectivity index (χ1v) is 3.89. The normalized spacial score (nSPS) is 28.4. The maximum Gasteiger partial charge on any atom is 0.393 e. The Hall–Kier alpha value is -1.27. The molecule has 0 aromatic carbocycles. The van der Waals surface area contributed by atoms with Crippen LogP contribution in [0.25, 0.3) is 0 Å². The number of aliphatic carboxylic acids is 1. The van der Waals surface area contributed by atoms with Crippen LogP contribution in [0.5, 0.6) is 0 Å². The molecule has 1 aliphatic heterocycles. The molecule has 4 nitrogen and oxygen atoms in total. The third-order valence-electron chi connectivity index (χ3n) is 2.12. The van der Waals surface area contributed by atoms with Crippen molar-refractivity contribution in [3.05, 3.63) is 0 Å². The number of hydrogen-bond donors (Lipinski definition) is 2. The van der Waals surface area contributed by atoms with Crippen molar-refractivity contribution in [1.29, 1.82) is 0 Å².